The number of nitrogens with two attached hydrogens (primary N) is 1. The lowest BCUT2D eigenvalue weighted by Crippen LogP contribution is -2.44. The third kappa shape index (κ3) is 6.08. The molecule has 1 unspecified atom stereocenters. The van der Waals surface area contributed by atoms with Gasteiger partial charge in [0.15, 0.2) is 0 Å². The minimum absolute atomic E-state index is 0.0469. The number of anilines is 1. The van der Waals surface area contributed by atoms with Gasteiger partial charge in [0.25, 0.3) is 11.8 Å². The SMILES string of the molecule is CC(c1ccc(Cl)cc1)N1C(=O)c2cc(C(N)=O)ccc2N(CCCCC(=O)O)C(=O)[C@@H]1c1ccc(Cl)cc1. The van der Waals surface area contributed by atoms with Crippen LogP contribution in [0.25, 0.3) is 0 Å². The fourth-order valence-corrected chi connectivity index (χ4v) is 5.02. The maximum absolute atomic E-state index is 14.4. The molecule has 0 aromatic heterocycles. The number of rotatable bonds is 9. The summed E-state index contributed by atoms with van der Waals surface area (Å²) in [5, 5.41) is 10.1. The monoisotopic (exact) mass is 567 g/mol. The molecular formula is C29H27Cl2N3O5. The average molecular weight is 568 g/mol. The number of carboxylic acid groups (broad SMARTS) is 1. The van der Waals surface area contributed by atoms with E-state index in [0.717, 1.165) is 5.56 Å². The second-order valence-corrected chi connectivity index (χ2v) is 10.2. The number of primary amides is 1. The van der Waals surface area contributed by atoms with Crippen LogP contribution in [0.2, 0.25) is 10.0 Å². The lowest BCUT2D eigenvalue weighted by Gasteiger charge is -2.36. The summed E-state index contributed by atoms with van der Waals surface area (Å²) in [7, 11) is 0. The van der Waals surface area contributed by atoms with E-state index < -0.39 is 29.9 Å². The highest BCUT2D eigenvalue weighted by atomic mass is 35.5. The van der Waals surface area contributed by atoms with Gasteiger partial charge >= 0.3 is 5.97 Å². The number of carbonyl (C=O) groups excluding carboxylic acids is 3. The van der Waals surface area contributed by atoms with E-state index in [9.17, 15) is 19.2 Å². The van der Waals surface area contributed by atoms with Crippen molar-refractivity contribution in [2.75, 3.05) is 11.4 Å². The van der Waals surface area contributed by atoms with Crippen molar-refractivity contribution in [2.24, 2.45) is 5.73 Å². The summed E-state index contributed by atoms with van der Waals surface area (Å²) in [6.45, 7) is 1.99. The molecule has 0 bridgehead atoms. The van der Waals surface area contributed by atoms with Gasteiger partial charge in [-0.25, -0.2) is 0 Å². The van der Waals surface area contributed by atoms with Gasteiger partial charge in [0.1, 0.15) is 6.04 Å². The summed E-state index contributed by atoms with van der Waals surface area (Å²) in [6.07, 6.45) is 0.691. The molecule has 4 rings (SSSR count). The minimum Gasteiger partial charge on any atom is -0.481 e. The molecule has 1 aliphatic rings. The highest BCUT2D eigenvalue weighted by Crippen LogP contribution is 2.40. The van der Waals surface area contributed by atoms with Crippen molar-refractivity contribution >= 4 is 52.6 Å². The topological polar surface area (TPSA) is 121 Å². The smallest absolute Gasteiger partial charge is 0.303 e. The van der Waals surface area contributed by atoms with Crippen molar-refractivity contribution in [2.45, 2.75) is 38.3 Å². The normalized spacial score (nSPS) is 16.0. The van der Waals surface area contributed by atoms with Gasteiger partial charge in [-0.2, -0.15) is 0 Å². The molecule has 2 atom stereocenters. The molecule has 0 saturated carbocycles. The average Bonchev–Trinajstić information content (AvgIpc) is 2.99. The van der Waals surface area contributed by atoms with Gasteiger partial charge in [0, 0.05) is 28.6 Å². The Hall–Kier alpha value is -3.88. The molecule has 10 heteroatoms. The van der Waals surface area contributed by atoms with Crippen LogP contribution < -0.4 is 10.6 Å². The fraction of sp³-hybridized carbons (Fsp3) is 0.241. The maximum atomic E-state index is 14.4. The number of benzene rings is 3. The molecule has 0 aliphatic carbocycles. The van der Waals surface area contributed by atoms with Crippen molar-refractivity contribution < 1.29 is 24.3 Å². The largest absolute Gasteiger partial charge is 0.481 e. The van der Waals surface area contributed by atoms with Crippen molar-refractivity contribution in [3.8, 4) is 0 Å². The predicted octanol–water partition coefficient (Wildman–Crippen LogP) is 5.64. The van der Waals surface area contributed by atoms with Crippen LogP contribution in [0.4, 0.5) is 5.69 Å². The van der Waals surface area contributed by atoms with Gasteiger partial charge in [-0.1, -0.05) is 47.5 Å². The third-order valence-electron chi connectivity index (χ3n) is 6.79. The molecule has 202 valence electrons. The second-order valence-electron chi connectivity index (χ2n) is 9.33. The molecule has 0 spiro atoms. The van der Waals surface area contributed by atoms with Crippen LogP contribution in [0.5, 0.6) is 0 Å². The molecule has 3 aromatic rings. The van der Waals surface area contributed by atoms with E-state index in [0.29, 0.717) is 34.1 Å². The highest BCUT2D eigenvalue weighted by Gasteiger charge is 2.43. The molecule has 0 saturated heterocycles. The summed E-state index contributed by atoms with van der Waals surface area (Å²) in [4.78, 5) is 54.7. The van der Waals surface area contributed by atoms with E-state index in [1.807, 2.05) is 6.92 Å². The summed E-state index contributed by atoms with van der Waals surface area (Å²) < 4.78 is 0. The van der Waals surface area contributed by atoms with Crippen LogP contribution in [-0.4, -0.2) is 40.2 Å². The highest BCUT2D eigenvalue weighted by molar-refractivity contribution is 6.30. The Balaban J connectivity index is 1.89. The van der Waals surface area contributed by atoms with Crippen LogP contribution >= 0.6 is 23.2 Å². The van der Waals surface area contributed by atoms with Gasteiger partial charge in [-0.05, 0) is 73.4 Å². The van der Waals surface area contributed by atoms with Gasteiger partial charge in [-0.15, -0.1) is 0 Å². The zero-order chi connectivity index (χ0) is 28.3. The van der Waals surface area contributed by atoms with E-state index in [1.54, 1.807) is 48.5 Å². The number of nitrogens with zero attached hydrogens (tertiary/aromatic N) is 2. The quantitative estimate of drug-likeness (QED) is 0.324. The van der Waals surface area contributed by atoms with Crippen LogP contribution in [0, 0.1) is 0 Å². The molecule has 39 heavy (non-hydrogen) atoms. The fourth-order valence-electron chi connectivity index (χ4n) is 4.76. The number of unbranched alkanes of at least 4 members (excludes halogenated alkanes) is 1. The summed E-state index contributed by atoms with van der Waals surface area (Å²) in [6, 6.07) is 16.5. The Morgan fingerprint density at radius 2 is 1.56 bits per heavy atom. The molecule has 0 fully saturated rings. The zero-order valence-electron chi connectivity index (χ0n) is 21.1. The van der Waals surface area contributed by atoms with Crippen LogP contribution in [0.15, 0.2) is 66.7 Å². The Morgan fingerprint density at radius 1 is 0.949 bits per heavy atom. The number of fused-ring (bicyclic) bond motifs is 1. The molecule has 3 N–H and O–H groups in total. The Labute approximate surface area is 235 Å². The van der Waals surface area contributed by atoms with Crippen LogP contribution in [0.1, 0.15) is 70.1 Å². The summed E-state index contributed by atoms with van der Waals surface area (Å²) >= 11 is 12.2. The van der Waals surface area contributed by atoms with E-state index in [1.165, 1.54) is 28.0 Å². The first-order chi connectivity index (χ1) is 18.6. The van der Waals surface area contributed by atoms with Crippen molar-refractivity contribution in [1.82, 2.24) is 4.90 Å². The standard InChI is InChI=1S/C29H27Cl2N3O5/c1-17(18-5-10-21(30)11-6-18)34-26(19-7-12-22(31)13-8-19)29(39)33(15-3-2-4-25(35)36)24-14-9-20(27(32)37)16-23(24)28(34)38/h5-14,16-17,26H,2-4,15H2,1H3,(H2,32,37)(H,35,36)/t17?,26-/m0/s1. The number of halogens is 2. The lowest BCUT2D eigenvalue weighted by molar-refractivity contribution is -0.137. The van der Waals surface area contributed by atoms with E-state index >= 15 is 0 Å². The van der Waals surface area contributed by atoms with Crippen molar-refractivity contribution in [3.63, 3.8) is 0 Å². The number of aliphatic carboxylic acids is 1. The zero-order valence-corrected chi connectivity index (χ0v) is 22.7. The lowest BCUT2D eigenvalue weighted by atomic mass is 9.98. The van der Waals surface area contributed by atoms with Gasteiger partial charge in [0.05, 0.1) is 17.3 Å². The van der Waals surface area contributed by atoms with Crippen molar-refractivity contribution in [1.29, 1.82) is 0 Å². The summed E-state index contributed by atoms with van der Waals surface area (Å²) in [5.74, 6) is -2.47. The molecule has 3 amide bonds. The number of hydrogen-bond acceptors (Lipinski definition) is 4. The number of carboxylic acids is 1. The Kier molecular flexibility index (Phi) is 8.57. The number of amides is 3. The molecule has 0 radical (unpaired) electrons. The molecular weight excluding hydrogens is 541 g/mol. The van der Waals surface area contributed by atoms with Crippen LogP contribution in [0.3, 0.4) is 0 Å². The van der Waals surface area contributed by atoms with Gasteiger partial charge < -0.3 is 20.6 Å². The minimum atomic E-state index is -1.04. The molecule has 8 nitrogen and oxygen atoms in total. The first-order valence-electron chi connectivity index (χ1n) is 12.4. The number of hydrogen-bond donors (Lipinski definition) is 2. The van der Waals surface area contributed by atoms with E-state index in [2.05, 4.69) is 0 Å². The Morgan fingerprint density at radius 3 is 2.15 bits per heavy atom. The molecule has 1 heterocycles. The first-order valence-corrected chi connectivity index (χ1v) is 13.1. The van der Waals surface area contributed by atoms with Gasteiger partial charge in [-0.3, -0.25) is 19.2 Å². The first kappa shape index (κ1) is 28.1. The Bertz CT molecular complexity index is 1410. The van der Waals surface area contributed by atoms with Crippen LogP contribution in [-0.2, 0) is 9.59 Å². The maximum Gasteiger partial charge on any atom is 0.303 e. The summed E-state index contributed by atoms with van der Waals surface area (Å²) in [5.41, 5.74) is 7.44. The second kappa shape index (κ2) is 11.9. The van der Waals surface area contributed by atoms with Gasteiger partial charge in [0.2, 0.25) is 5.91 Å². The molecule has 3 aromatic carbocycles. The number of carbonyl (C=O) groups is 4. The third-order valence-corrected chi connectivity index (χ3v) is 7.30. The molecule has 1 aliphatic heterocycles. The van der Waals surface area contributed by atoms with E-state index in [-0.39, 0.29) is 30.0 Å². The van der Waals surface area contributed by atoms with Crippen molar-refractivity contribution in [3.05, 3.63) is 99.0 Å². The predicted molar refractivity (Wildman–Crippen MR) is 149 cm³/mol. The van der Waals surface area contributed by atoms with E-state index in [4.69, 9.17) is 34.0 Å².